The van der Waals surface area contributed by atoms with Crippen LogP contribution in [0.4, 0.5) is 0 Å². The average Bonchev–Trinajstić information content (AvgIpc) is 3.00. The van der Waals surface area contributed by atoms with Crippen molar-refractivity contribution in [3.63, 3.8) is 0 Å². The first-order valence-corrected chi connectivity index (χ1v) is 7.12. The lowest BCUT2D eigenvalue weighted by atomic mass is 10.2. The largest absolute Gasteiger partial charge is 0.287 e. The van der Waals surface area contributed by atoms with Crippen molar-refractivity contribution in [1.82, 2.24) is 9.55 Å². The molecule has 0 spiro atoms. The van der Waals surface area contributed by atoms with E-state index >= 15 is 0 Å². The third-order valence-corrected chi connectivity index (χ3v) is 3.45. The van der Waals surface area contributed by atoms with Gasteiger partial charge in [-0.15, -0.1) is 0 Å². The molecule has 22 heavy (non-hydrogen) atoms. The summed E-state index contributed by atoms with van der Waals surface area (Å²) in [6.07, 6.45) is 3.61. The number of carbonyl (C=O) groups excluding carboxylic acids is 1. The molecule has 0 amide bonds. The van der Waals surface area contributed by atoms with Gasteiger partial charge in [0.25, 0.3) is 0 Å². The molecule has 0 radical (unpaired) electrons. The Morgan fingerprint density at radius 3 is 2.32 bits per heavy atom. The summed E-state index contributed by atoms with van der Waals surface area (Å²) in [6.45, 7) is 1.56. The molecule has 2 heterocycles. The molecule has 108 valence electrons. The number of hydrogen-bond donors (Lipinski definition) is 0. The molecule has 3 nitrogen and oxygen atoms in total. The SMILES string of the molecule is CC(=O)n1ccc2ccccc21.c1ccc2ncccc2c1. The van der Waals surface area contributed by atoms with Crippen molar-refractivity contribution >= 4 is 27.7 Å². The van der Waals surface area contributed by atoms with Crippen LogP contribution in [0.15, 0.2) is 79.1 Å². The van der Waals surface area contributed by atoms with Crippen LogP contribution >= 0.6 is 0 Å². The van der Waals surface area contributed by atoms with Gasteiger partial charge in [0.15, 0.2) is 0 Å². The number of carbonyl (C=O) groups is 1. The number of nitrogens with zero attached hydrogens (tertiary/aromatic N) is 2. The Morgan fingerprint density at radius 2 is 1.55 bits per heavy atom. The summed E-state index contributed by atoms with van der Waals surface area (Å²) in [5, 5.41) is 2.30. The number of hydrogen-bond acceptors (Lipinski definition) is 2. The Labute approximate surface area is 128 Å². The van der Waals surface area contributed by atoms with Gasteiger partial charge in [-0.3, -0.25) is 14.3 Å². The minimum absolute atomic E-state index is 0.0520. The van der Waals surface area contributed by atoms with Crippen LogP contribution in [0.3, 0.4) is 0 Å². The van der Waals surface area contributed by atoms with Gasteiger partial charge in [0, 0.05) is 30.1 Å². The molecule has 0 aliphatic rings. The van der Waals surface area contributed by atoms with Gasteiger partial charge >= 0.3 is 0 Å². The van der Waals surface area contributed by atoms with Gasteiger partial charge in [-0.25, -0.2) is 0 Å². The van der Waals surface area contributed by atoms with Crippen molar-refractivity contribution in [2.75, 3.05) is 0 Å². The van der Waals surface area contributed by atoms with Gasteiger partial charge in [0.1, 0.15) is 0 Å². The summed E-state index contributed by atoms with van der Waals surface area (Å²) < 4.78 is 1.65. The summed E-state index contributed by atoms with van der Waals surface area (Å²) in [5.74, 6) is 0.0520. The molecule has 3 heteroatoms. The Morgan fingerprint density at radius 1 is 0.864 bits per heavy atom. The summed E-state index contributed by atoms with van der Waals surface area (Å²) >= 11 is 0. The highest BCUT2D eigenvalue weighted by molar-refractivity contribution is 5.91. The highest BCUT2D eigenvalue weighted by atomic mass is 16.1. The van der Waals surface area contributed by atoms with E-state index in [0.717, 1.165) is 16.4 Å². The third-order valence-electron chi connectivity index (χ3n) is 3.45. The highest BCUT2D eigenvalue weighted by Gasteiger charge is 2.01. The van der Waals surface area contributed by atoms with E-state index in [1.165, 1.54) is 5.39 Å². The van der Waals surface area contributed by atoms with Crippen molar-refractivity contribution in [2.45, 2.75) is 6.92 Å². The smallest absolute Gasteiger partial charge is 0.227 e. The van der Waals surface area contributed by atoms with Gasteiger partial charge in [0.2, 0.25) is 5.91 Å². The zero-order valence-electron chi connectivity index (χ0n) is 12.3. The zero-order valence-corrected chi connectivity index (χ0v) is 12.3. The second-order valence-corrected chi connectivity index (χ2v) is 4.96. The Bertz CT molecular complexity index is 859. The van der Waals surface area contributed by atoms with Gasteiger partial charge in [-0.05, 0) is 24.3 Å². The lowest BCUT2D eigenvalue weighted by Gasteiger charge is -1.97. The number of aromatic nitrogens is 2. The summed E-state index contributed by atoms with van der Waals surface area (Å²) in [6, 6.07) is 21.9. The second-order valence-electron chi connectivity index (χ2n) is 4.96. The van der Waals surface area contributed by atoms with Crippen LogP contribution < -0.4 is 0 Å². The van der Waals surface area contributed by atoms with Crippen LogP contribution in [0.25, 0.3) is 21.8 Å². The number of para-hydroxylation sites is 2. The molecular formula is C19H16N2O. The van der Waals surface area contributed by atoms with E-state index in [0.29, 0.717) is 0 Å². The van der Waals surface area contributed by atoms with E-state index in [1.807, 2.05) is 60.8 Å². The highest BCUT2D eigenvalue weighted by Crippen LogP contribution is 2.14. The predicted molar refractivity (Wildman–Crippen MR) is 90.0 cm³/mol. The minimum atomic E-state index is 0.0520. The van der Waals surface area contributed by atoms with Gasteiger partial charge < -0.3 is 0 Å². The molecule has 0 aliphatic carbocycles. The van der Waals surface area contributed by atoms with Crippen LogP contribution in [0.5, 0.6) is 0 Å². The summed E-state index contributed by atoms with van der Waals surface area (Å²) in [5.41, 5.74) is 2.04. The first kappa shape index (κ1) is 14.0. The monoisotopic (exact) mass is 288 g/mol. The predicted octanol–water partition coefficient (Wildman–Crippen LogP) is 4.54. The first-order valence-electron chi connectivity index (χ1n) is 7.12. The zero-order chi connectivity index (χ0) is 15.4. The maximum atomic E-state index is 11.1. The lowest BCUT2D eigenvalue weighted by Crippen LogP contribution is -2.02. The van der Waals surface area contributed by atoms with Gasteiger partial charge in [-0.2, -0.15) is 0 Å². The van der Waals surface area contributed by atoms with Crippen LogP contribution in [0, 0.1) is 0 Å². The van der Waals surface area contributed by atoms with Crippen molar-refractivity contribution in [3.8, 4) is 0 Å². The van der Waals surface area contributed by atoms with Crippen molar-refractivity contribution in [2.24, 2.45) is 0 Å². The molecule has 0 unspecified atom stereocenters. The number of pyridine rings is 1. The van der Waals surface area contributed by atoms with Gasteiger partial charge in [0.05, 0.1) is 11.0 Å². The number of fused-ring (bicyclic) bond motifs is 2. The van der Waals surface area contributed by atoms with Gasteiger partial charge in [-0.1, -0.05) is 42.5 Å². The van der Waals surface area contributed by atoms with Crippen molar-refractivity contribution in [3.05, 3.63) is 79.1 Å². The standard InChI is InChI=1S/C10H9NO.C9H7N/c1-8(12)11-7-6-9-4-2-3-5-10(9)11;1-2-6-9-8(4-1)5-3-7-10-9/h2-7H,1H3;1-7H. The molecule has 4 aromatic rings. The summed E-state index contributed by atoms with van der Waals surface area (Å²) in [4.78, 5) is 15.3. The minimum Gasteiger partial charge on any atom is -0.287 e. The fourth-order valence-corrected chi connectivity index (χ4v) is 2.37. The quantitative estimate of drug-likeness (QED) is 0.476. The van der Waals surface area contributed by atoms with E-state index in [-0.39, 0.29) is 5.91 Å². The molecule has 0 aliphatic heterocycles. The van der Waals surface area contributed by atoms with Crippen LogP contribution in [0.1, 0.15) is 11.7 Å². The van der Waals surface area contributed by atoms with E-state index in [2.05, 4.69) is 17.1 Å². The van der Waals surface area contributed by atoms with Crippen LogP contribution in [0.2, 0.25) is 0 Å². The normalized spacial score (nSPS) is 10.2. The topological polar surface area (TPSA) is 34.9 Å². The molecule has 0 saturated carbocycles. The average molecular weight is 288 g/mol. The molecular weight excluding hydrogens is 272 g/mol. The van der Waals surface area contributed by atoms with Crippen molar-refractivity contribution in [1.29, 1.82) is 0 Å². The molecule has 2 aromatic heterocycles. The maximum Gasteiger partial charge on any atom is 0.227 e. The number of benzene rings is 2. The maximum absolute atomic E-state index is 11.1. The lowest BCUT2D eigenvalue weighted by molar-refractivity contribution is 0.0941. The molecule has 0 N–H and O–H groups in total. The molecule has 0 atom stereocenters. The fraction of sp³-hybridized carbons (Fsp3) is 0.0526. The molecule has 0 saturated heterocycles. The second kappa shape index (κ2) is 6.22. The molecule has 4 rings (SSSR count). The Kier molecular flexibility index (Phi) is 3.97. The van der Waals surface area contributed by atoms with E-state index in [1.54, 1.807) is 17.7 Å². The summed E-state index contributed by atoms with van der Waals surface area (Å²) in [7, 11) is 0. The molecule has 2 aromatic carbocycles. The van der Waals surface area contributed by atoms with Crippen LogP contribution in [-0.4, -0.2) is 15.5 Å². The fourth-order valence-electron chi connectivity index (χ4n) is 2.37. The van der Waals surface area contributed by atoms with E-state index in [9.17, 15) is 4.79 Å². The molecule has 0 bridgehead atoms. The Balaban J connectivity index is 0.000000133. The van der Waals surface area contributed by atoms with Crippen LogP contribution in [-0.2, 0) is 0 Å². The van der Waals surface area contributed by atoms with Crippen molar-refractivity contribution < 1.29 is 4.79 Å². The third kappa shape index (κ3) is 2.88. The molecule has 0 fully saturated rings. The Hall–Kier alpha value is -2.94. The first-order chi connectivity index (χ1) is 10.8. The number of rotatable bonds is 0. The van der Waals surface area contributed by atoms with E-state index < -0.39 is 0 Å². The van der Waals surface area contributed by atoms with E-state index in [4.69, 9.17) is 0 Å².